The minimum absolute atomic E-state index is 0.285. The topological polar surface area (TPSA) is 56.1 Å². The van der Waals surface area contributed by atoms with E-state index in [0.717, 1.165) is 86.6 Å². The number of aryl methyl sites for hydroxylation is 2. The number of rotatable bonds is 6. The van der Waals surface area contributed by atoms with Crippen molar-refractivity contribution in [3.63, 3.8) is 0 Å². The van der Waals surface area contributed by atoms with E-state index >= 15 is 4.39 Å². The molecule has 1 aromatic carbocycles. The number of ether oxygens (including phenoxy) is 1. The molecular weight excluding hydrogens is 501 g/mol. The van der Waals surface area contributed by atoms with Crippen LogP contribution in [-0.2, 0) is 26.4 Å². The molecule has 6 rings (SSSR count). The zero-order valence-electron chi connectivity index (χ0n) is 23.8. The summed E-state index contributed by atoms with van der Waals surface area (Å²) in [5.41, 5.74) is 10.1. The molecule has 5 aromatic rings. The highest BCUT2D eigenvalue weighted by molar-refractivity contribution is 6.00. The fourth-order valence-corrected chi connectivity index (χ4v) is 6.04. The summed E-state index contributed by atoms with van der Waals surface area (Å²) in [6, 6.07) is 13.9. The van der Waals surface area contributed by atoms with Crippen LogP contribution in [0.4, 0.5) is 10.2 Å². The summed E-state index contributed by atoms with van der Waals surface area (Å²) in [5.74, 6) is 1.03. The van der Waals surface area contributed by atoms with E-state index in [-0.39, 0.29) is 5.82 Å². The summed E-state index contributed by atoms with van der Waals surface area (Å²) < 4.78 is 23.3. The highest BCUT2D eigenvalue weighted by atomic mass is 19.1. The molecule has 1 aliphatic heterocycles. The minimum atomic E-state index is -0.285. The lowest BCUT2D eigenvalue weighted by Gasteiger charge is -2.23. The van der Waals surface area contributed by atoms with Gasteiger partial charge in [0.25, 0.3) is 0 Å². The maximum absolute atomic E-state index is 15.4. The molecule has 0 fully saturated rings. The van der Waals surface area contributed by atoms with E-state index in [9.17, 15) is 0 Å². The lowest BCUT2D eigenvalue weighted by molar-refractivity contribution is 0.273. The molecule has 0 aliphatic carbocycles. The standard InChI is InChI=1S/C33H34FN5O/c1-6-24-21(3)37-33-27(31(24)26-17-28(34)32-25(20(26)2)10-9-15-40-32)18-29(39(33)5)22-12-14-35-23(16-22)19-38(4)30-11-7-8-13-36-30/h7-8,11-14,16-18H,6,9-10,15,19H2,1-5H3. The number of nitrogens with zero attached hydrogens (tertiary/aromatic N) is 5. The van der Waals surface area contributed by atoms with Gasteiger partial charge in [0, 0.05) is 48.7 Å². The number of aromatic nitrogens is 4. The van der Waals surface area contributed by atoms with Crippen LogP contribution < -0.4 is 9.64 Å². The number of hydrogen-bond acceptors (Lipinski definition) is 5. The van der Waals surface area contributed by atoms with Crippen LogP contribution in [0.2, 0.25) is 0 Å². The molecule has 40 heavy (non-hydrogen) atoms. The minimum Gasteiger partial charge on any atom is -0.490 e. The Balaban J connectivity index is 1.49. The average Bonchev–Trinajstić information content (AvgIpc) is 3.30. The van der Waals surface area contributed by atoms with Crippen molar-refractivity contribution in [3.05, 3.63) is 88.8 Å². The predicted octanol–water partition coefficient (Wildman–Crippen LogP) is 6.98. The summed E-state index contributed by atoms with van der Waals surface area (Å²) >= 11 is 0. The van der Waals surface area contributed by atoms with Crippen molar-refractivity contribution < 1.29 is 9.13 Å². The van der Waals surface area contributed by atoms with Crippen LogP contribution in [0.3, 0.4) is 0 Å². The lowest BCUT2D eigenvalue weighted by Crippen LogP contribution is -2.18. The molecule has 0 radical (unpaired) electrons. The van der Waals surface area contributed by atoms with Crippen LogP contribution in [0.25, 0.3) is 33.4 Å². The molecule has 6 nitrogen and oxygen atoms in total. The smallest absolute Gasteiger partial charge is 0.165 e. The van der Waals surface area contributed by atoms with E-state index in [1.54, 1.807) is 12.3 Å². The van der Waals surface area contributed by atoms with Crippen molar-refractivity contribution in [2.24, 2.45) is 7.05 Å². The van der Waals surface area contributed by atoms with Crippen molar-refractivity contribution >= 4 is 16.9 Å². The van der Waals surface area contributed by atoms with Crippen LogP contribution in [0.15, 0.2) is 54.9 Å². The Morgan fingerprint density at radius 2 is 1.93 bits per heavy atom. The normalized spacial score (nSPS) is 12.8. The number of anilines is 1. The van der Waals surface area contributed by atoms with Crippen LogP contribution in [0.1, 0.15) is 41.4 Å². The van der Waals surface area contributed by atoms with E-state index in [2.05, 4.69) is 52.3 Å². The van der Waals surface area contributed by atoms with Crippen LogP contribution in [0, 0.1) is 19.7 Å². The monoisotopic (exact) mass is 535 g/mol. The quantitative estimate of drug-likeness (QED) is 0.235. The first kappa shape index (κ1) is 26.0. The van der Waals surface area contributed by atoms with Crippen molar-refractivity contribution in [1.82, 2.24) is 19.5 Å². The van der Waals surface area contributed by atoms with E-state index in [0.29, 0.717) is 18.9 Å². The Bertz CT molecular complexity index is 1730. The molecule has 204 valence electrons. The second-order valence-corrected chi connectivity index (χ2v) is 10.6. The summed E-state index contributed by atoms with van der Waals surface area (Å²) in [7, 11) is 4.07. The predicted molar refractivity (Wildman–Crippen MR) is 158 cm³/mol. The maximum Gasteiger partial charge on any atom is 0.165 e. The number of pyridine rings is 3. The highest BCUT2D eigenvalue weighted by Gasteiger charge is 2.25. The van der Waals surface area contributed by atoms with Gasteiger partial charge in [-0.15, -0.1) is 0 Å². The van der Waals surface area contributed by atoms with Crippen molar-refractivity contribution in [2.45, 2.75) is 46.6 Å². The molecule has 5 heterocycles. The van der Waals surface area contributed by atoms with Gasteiger partial charge in [0.1, 0.15) is 11.5 Å². The van der Waals surface area contributed by atoms with E-state index in [4.69, 9.17) is 9.72 Å². The zero-order chi connectivity index (χ0) is 28.0. The van der Waals surface area contributed by atoms with Crippen LogP contribution in [0.5, 0.6) is 5.75 Å². The highest BCUT2D eigenvalue weighted by Crippen LogP contribution is 2.43. The second-order valence-electron chi connectivity index (χ2n) is 10.6. The van der Waals surface area contributed by atoms with Crippen LogP contribution in [-0.4, -0.2) is 33.2 Å². The Kier molecular flexibility index (Phi) is 6.74. The Hall–Kier alpha value is -4.26. The van der Waals surface area contributed by atoms with Gasteiger partial charge in [-0.25, -0.2) is 14.4 Å². The molecule has 4 aromatic heterocycles. The first-order valence-corrected chi connectivity index (χ1v) is 13.9. The first-order valence-electron chi connectivity index (χ1n) is 13.9. The van der Waals surface area contributed by atoms with E-state index in [1.807, 2.05) is 44.6 Å². The van der Waals surface area contributed by atoms with Gasteiger partial charge >= 0.3 is 0 Å². The molecule has 0 N–H and O–H groups in total. The van der Waals surface area contributed by atoms with Gasteiger partial charge in [-0.2, -0.15) is 0 Å². The fourth-order valence-electron chi connectivity index (χ4n) is 6.04. The second kappa shape index (κ2) is 10.4. The molecule has 0 atom stereocenters. The van der Waals surface area contributed by atoms with Crippen molar-refractivity contribution in [1.29, 1.82) is 0 Å². The largest absolute Gasteiger partial charge is 0.490 e. The summed E-state index contributed by atoms with van der Waals surface area (Å²) in [5, 5.41) is 1.03. The molecule has 0 bridgehead atoms. The molecule has 0 unspecified atom stereocenters. The fraction of sp³-hybridized carbons (Fsp3) is 0.303. The molecule has 0 saturated carbocycles. The molecule has 0 amide bonds. The third-order valence-electron chi connectivity index (χ3n) is 8.09. The van der Waals surface area contributed by atoms with Crippen LogP contribution >= 0.6 is 0 Å². The first-order chi connectivity index (χ1) is 19.4. The van der Waals surface area contributed by atoms with Crippen molar-refractivity contribution in [3.8, 4) is 28.1 Å². The third kappa shape index (κ3) is 4.39. The molecule has 0 saturated heterocycles. The van der Waals surface area contributed by atoms with Gasteiger partial charge in [-0.3, -0.25) is 4.98 Å². The van der Waals surface area contributed by atoms with Gasteiger partial charge in [0.05, 0.1) is 24.5 Å². The van der Waals surface area contributed by atoms with Gasteiger partial charge in [-0.05, 0) is 91.8 Å². The number of hydrogen-bond donors (Lipinski definition) is 0. The maximum atomic E-state index is 15.4. The Labute approximate surface area is 234 Å². The van der Waals surface area contributed by atoms with Gasteiger partial charge in [-0.1, -0.05) is 13.0 Å². The molecule has 7 heteroatoms. The Morgan fingerprint density at radius 1 is 1.07 bits per heavy atom. The summed E-state index contributed by atoms with van der Waals surface area (Å²) in [6.45, 7) is 7.49. The van der Waals surface area contributed by atoms with Crippen molar-refractivity contribution in [2.75, 3.05) is 18.6 Å². The van der Waals surface area contributed by atoms with Gasteiger partial charge < -0.3 is 14.2 Å². The SMILES string of the molecule is CCc1c(C)nc2c(cc(-c3ccnc(CN(C)c4ccccn4)c3)n2C)c1-c1cc(F)c2c(c1C)CCCO2. The van der Waals surface area contributed by atoms with Gasteiger partial charge in [0.2, 0.25) is 0 Å². The molecular formula is C33H34FN5O. The van der Waals surface area contributed by atoms with Gasteiger partial charge in [0.15, 0.2) is 11.6 Å². The summed E-state index contributed by atoms with van der Waals surface area (Å²) in [6.07, 6.45) is 6.19. The molecule has 1 aliphatic rings. The number of fused-ring (bicyclic) bond motifs is 2. The summed E-state index contributed by atoms with van der Waals surface area (Å²) in [4.78, 5) is 16.2. The number of halogens is 1. The lowest BCUT2D eigenvalue weighted by atomic mass is 9.87. The van der Waals surface area contributed by atoms with E-state index in [1.165, 1.54) is 0 Å². The zero-order valence-corrected chi connectivity index (χ0v) is 23.8. The van der Waals surface area contributed by atoms with E-state index < -0.39 is 0 Å². The average molecular weight is 536 g/mol. The number of benzene rings is 1. The third-order valence-corrected chi connectivity index (χ3v) is 8.09. The molecule has 0 spiro atoms. The Morgan fingerprint density at radius 3 is 2.70 bits per heavy atom.